The number of aryl methyl sites for hydroxylation is 1. The molecule has 1 amide bonds. The van der Waals surface area contributed by atoms with E-state index in [0.29, 0.717) is 5.92 Å². The first-order valence-electron chi connectivity index (χ1n) is 7.04. The van der Waals surface area contributed by atoms with E-state index < -0.39 is 5.60 Å². The lowest BCUT2D eigenvalue weighted by Crippen LogP contribution is -2.35. The average Bonchev–Trinajstić information content (AvgIpc) is 2.93. The number of rotatable bonds is 3. The highest BCUT2D eigenvalue weighted by Gasteiger charge is 2.29. The van der Waals surface area contributed by atoms with Crippen LogP contribution in [0.25, 0.3) is 0 Å². The van der Waals surface area contributed by atoms with Crippen LogP contribution >= 0.6 is 0 Å². The van der Waals surface area contributed by atoms with E-state index in [0.717, 1.165) is 31.7 Å². The van der Waals surface area contributed by atoms with Gasteiger partial charge < -0.3 is 15.0 Å². The van der Waals surface area contributed by atoms with Crippen molar-refractivity contribution in [1.82, 2.24) is 14.7 Å². The first kappa shape index (κ1) is 14.7. The molecule has 1 aliphatic rings. The van der Waals surface area contributed by atoms with E-state index in [1.165, 1.54) is 0 Å². The zero-order chi connectivity index (χ0) is 14.8. The van der Waals surface area contributed by atoms with Gasteiger partial charge in [-0.15, -0.1) is 0 Å². The van der Waals surface area contributed by atoms with Crippen molar-refractivity contribution in [3.63, 3.8) is 0 Å². The number of nitrogens with zero attached hydrogens (tertiary/aromatic N) is 3. The molecule has 0 bridgehead atoms. The third-order valence-corrected chi connectivity index (χ3v) is 3.24. The summed E-state index contributed by atoms with van der Waals surface area (Å²) in [6, 6.07) is 0. The van der Waals surface area contributed by atoms with Crippen molar-refractivity contribution < 1.29 is 9.53 Å². The molecule has 1 saturated heterocycles. The fourth-order valence-corrected chi connectivity index (χ4v) is 2.27. The van der Waals surface area contributed by atoms with Gasteiger partial charge in [0.05, 0.1) is 11.9 Å². The van der Waals surface area contributed by atoms with Crippen LogP contribution in [0.3, 0.4) is 0 Å². The van der Waals surface area contributed by atoms with E-state index in [2.05, 4.69) is 10.4 Å². The van der Waals surface area contributed by atoms with Gasteiger partial charge in [-0.1, -0.05) is 0 Å². The Bertz CT molecular complexity index is 464. The quantitative estimate of drug-likeness (QED) is 0.921. The van der Waals surface area contributed by atoms with Gasteiger partial charge in [-0.25, -0.2) is 4.79 Å². The number of amides is 1. The van der Waals surface area contributed by atoms with Crippen LogP contribution in [0.15, 0.2) is 12.4 Å². The molecule has 2 heterocycles. The van der Waals surface area contributed by atoms with Gasteiger partial charge in [0.25, 0.3) is 0 Å². The molecule has 0 aliphatic carbocycles. The van der Waals surface area contributed by atoms with Crippen LogP contribution in [0.4, 0.5) is 10.5 Å². The third kappa shape index (κ3) is 4.15. The van der Waals surface area contributed by atoms with Crippen molar-refractivity contribution in [2.45, 2.75) is 32.8 Å². The number of carbonyl (C=O) groups is 1. The summed E-state index contributed by atoms with van der Waals surface area (Å²) in [4.78, 5) is 13.7. The molecule has 0 saturated carbocycles. The minimum absolute atomic E-state index is 0.207. The smallest absolute Gasteiger partial charge is 0.410 e. The minimum atomic E-state index is -0.427. The summed E-state index contributed by atoms with van der Waals surface area (Å²) < 4.78 is 7.16. The zero-order valence-electron chi connectivity index (χ0n) is 12.7. The fraction of sp³-hybridized carbons (Fsp3) is 0.714. The van der Waals surface area contributed by atoms with Gasteiger partial charge in [0.1, 0.15) is 5.60 Å². The zero-order valence-corrected chi connectivity index (χ0v) is 12.7. The number of carbonyl (C=O) groups excluding carboxylic acids is 1. The number of nitrogens with one attached hydrogen (secondary N) is 1. The summed E-state index contributed by atoms with van der Waals surface area (Å²) in [7, 11) is 1.89. The van der Waals surface area contributed by atoms with Crippen molar-refractivity contribution in [1.29, 1.82) is 0 Å². The van der Waals surface area contributed by atoms with Crippen LogP contribution in [0, 0.1) is 5.92 Å². The SMILES string of the molecule is Cn1cc(NCC2CCN(C(=O)OC(C)(C)C)C2)cn1. The highest BCUT2D eigenvalue weighted by atomic mass is 16.6. The Morgan fingerprint density at radius 2 is 2.30 bits per heavy atom. The maximum atomic E-state index is 12.0. The highest BCUT2D eigenvalue weighted by Crippen LogP contribution is 2.20. The molecule has 0 spiro atoms. The Labute approximate surface area is 120 Å². The normalized spacial score (nSPS) is 19.2. The van der Waals surface area contributed by atoms with E-state index in [-0.39, 0.29) is 6.09 Å². The Morgan fingerprint density at radius 1 is 1.55 bits per heavy atom. The standard InChI is InChI=1S/C14H24N4O2/c1-14(2,3)20-13(19)18-6-5-11(9-18)7-15-12-8-16-17(4)10-12/h8,10-11,15H,5-7,9H2,1-4H3. The van der Waals surface area contributed by atoms with Crippen molar-refractivity contribution in [2.24, 2.45) is 13.0 Å². The van der Waals surface area contributed by atoms with E-state index in [1.807, 2.05) is 34.0 Å². The van der Waals surface area contributed by atoms with E-state index in [9.17, 15) is 4.79 Å². The summed E-state index contributed by atoms with van der Waals surface area (Å²) in [6.07, 6.45) is 4.55. The number of aromatic nitrogens is 2. The predicted octanol–water partition coefficient (Wildman–Crippen LogP) is 2.09. The molecule has 0 aromatic carbocycles. The van der Waals surface area contributed by atoms with Crippen molar-refractivity contribution in [3.05, 3.63) is 12.4 Å². The van der Waals surface area contributed by atoms with Gasteiger partial charge in [-0.2, -0.15) is 5.10 Å². The topological polar surface area (TPSA) is 59.4 Å². The van der Waals surface area contributed by atoms with Crippen molar-refractivity contribution in [2.75, 3.05) is 25.0 Å². The number of likely N-dealkylation sites (tertiary alicyclic amines) is 1. The molecule has 1 aromatic rings. The van der Waals surface area contributed by atoms with Gasteiger partial charge in [-0.05, 0) is 33.1 Å². The van der Waals surface area contributed by atoms with Crippen molar-refractivity contribution >= 4 is 11.8 Å². The fourth-order valence-electron chi connectivity index (χ4n) is 2.27. The van der Waals surface area contributed by atoms with Crippen LogP contribution in [0.5, 0.6) is 0 Å². The molecular weight excluding hydrogens is 256 g/mol. The average molecular weight is 280 g/mol. The van der Waals surface area contributed by atoms with Gasteiger partial charge in [-0.3, -0.25) is 4.68 Å². The summed E-state index contributed by atoms with van der Waals surface area (Å²) in [5, 5.41) is 7.47. The lowest BCUT2D eigenvalue weighted by Gasteiger charge is -2.24. The molecule has 1 aliphatic heterocycles. The Morgan fingerprint density at radius 3 is 2.90 bits per heavy atom. The highest BCUT2D eigenvalue weighted by molar-refractivity contribution is 5.68. The number of hydrogen-bond acceptors (Lipinski definition) is 4. The van der Waals surface area contributed by atoms with E-state index in [1.54, 1.807) is 15.8 Å². The van der Waals surface area contributed by atoms with E-state index in [4.69, 9.17) is 4.74 Å². The molecule has 112 valence electrons. The van der Waals surface area contributed by atoms with Gasteiger partial charge >= 0.3 is 6.09 Å². The Balaban J connectivity index is 1.76. The van der Waals surface area contributed by atoms with Crippen LogP contribution in [0.1, 0.15) is 27.2 Å². The maximum absolute atomic E-state index is 12.0. The van der Waals surface area contributed by atoms with Gasteiger partial charge in [0, 0.05) is 32.9 Å². The molecule has 20 heavy (non-hydrogen) atoms. The lowest BCUT2D eigenvalue weighted by molar-refractivity contribution is 0.0289. The van der Waals surface area contributed by atoms with Crippen LogP contribution < -0.4 is 5.32 Å². The second kappa shape index (κ2) is 5.73. The van der Waals surface area contributed by atoms with Crippen LogP contribution in [0.2, 0.25) is 0 Å². The summed E-state index contributed by atoms with van der Waals surface area (Å²) in [5.74, 6) is 0.461. The number of anilines is 1. The monoisotopic (exact) mass is 280 g/mol. The minimum Gasteiger partial charge on any atom is -0.444 e. The van der Waals surface area contributed by atoms with Crippen LogP contribution in [-0.2, 0) is 11.8 Å². The first-order valence-corrected chi connectivity index (χ1v) is 7.04. The summed E-state index contributed by atoms with van der Waals surface area (Å²) >= 11 is 0. The Kier molecular flexibility index (Phi) is 4.20. The first-order chi connectivity index (χ1) is 9.33. The largest absolute Gasteiger partial charge is 0.444 e. The molecule has 1 atom stereocenters. The van der Waals surface area contributed by atoms with Crippen molar-refractivity contribution in [3.8, 4) is 0 Å². The molecule has 1 fully saturated rings. The lowest BCUT2D eigenvalue weighted by atomic mass is 10.1. The molecule has 6 heteroatoms. The third-order valence-electron chi connectivity index (χ3n) is 3.24. The molecular formula is C14H24N4O2. The second-order valence-corrected chi connectivity index (χ2v) is 6.36. The molecule has 0 radical (unpaired) electrons. The molecule has 1 unspecified atom stereocenters. The molecule has 2 rings (SSSR count). The second-order valence-electron chi connectivity index (χ2n) is 6.36. The van der Waals surface area contributed by atoms with E-state index >= 15 is 0 Å². The predicted molar refractivity (Wildman–Crippen MR) is 77.6 cm³/mol. The van der Waals surface area contributed by atoms with Gasteiger partial charge in [0.15, 0.2) is 0 Å². The number of ether oxygens (including phenoxy) is 1. The molecule has 6 nitrogen and oxygen atoms in total. The number of hydrogen-bond donors (Lipinski definition) is 1. The maximum Gasteiger partial charge on any atom is 0.410 e. The van der Waals surface area contributed by atoms with Gasteiger partial charge in [0.2, 0.25) is 0 Å². The Hall–Kier alpha value is -1.72. The summed E-state index contributed by atoms with van der Waals surface area (Å²) in [6.45, 7) is 8.05. The summed E-state index contributed by atoms with van der Waals surface area (Å²) in [5.41, 5.74) is 0.589. The van der Waals surface area contributed by atoms with Crippen LogP contribution in [-0.4, -0.2) is 46.0 Å². The molecule has 1 N–H and O–H groups in total. The molecule has 1 aromatic heterocycles.